The van der Waals surface area contributed by atoms with Gasteiger partial charge in [0, 0.05) is 25.7 Å². The van der Waals surface area contributed by atoms with Gasteiger partial charge in [-0.3, -0.25) is 4.90 Å². The highest BCUT2D eigenvalue weighted by Gasteiger charge is 2.43. The van der Waals surface area contributed by atoms with Crippen LogP contribution in [0.5, 0.6) is 0 Å². The van der Waals surface area contributed by atoms with Crippen LogP contribution in [0.15, 0.2) is 0 Å². The first-order chi connectivity index (χ1) is 7.48. The quantitative estimate of drug-likeness (QED) is 0.782. The monoisotopic (exact) mass is 226 g/mol. The van der Waals surface area contributed by atoms with Crippen molar-refractivity contribution in [1.82, 2.24) is 9.80 Å². The fourth-order valence-electron chi connectivity index (χ4n) is 2.81. The zero-order valence-corrected chi connectivity index (χ0v) is 10.9. The minimum Gasteiger partial charge on any atom is -0.386 e. The molecule has 0 radical (unpaired) electrons. The first-order valence-corrected chi connectivity index (χ1v) is 6.67. The maximum absolute atomic E-state index is 10.4. The average Bonchev–Trinajstić information content (AvgIpc) is 2.17. The number of β-amino-alcohol motifs (C(OH)–C–C–N with tert-alkyl or cyclic N) is 1. The van der Waals surface area contributed by atoms with Crippen molar-refractivity contribution in [3.8, 4) is 0 Å². The van der Waals surface area contributed by atoms with Crippen molar-refractivity contribution in [3.05, 3.63) is 0 Å². The molecule has 2 aliphatic rings. The van der Waals surface area contributed by atoms with Crippen LogP contribution in [-0.2, 0) is 0 Å². The zero-order valence-electron chi connectivity index (χ0n) is 10.9. The lowest BCUT2D eigenvalue weighted by atomic mass is 9.90. The lowest BCUT2D eigenvalue weighted by Crippen LogP contribution is -2.68. The fourth-order valence-corrected chi connectivity index (χ4v) is 2.81. The highest BCUT2D eigenvalue weighted by Crippen LogP contribution is 2.26. The second-order valence-corrected chi connectivity index (χ2v) is 6.18. The summed E-state index contributed by atoms with van der Waals surface area (Å²) in [5, 5.41) is 10.4. The number of hydrogen-bond donors (Lipinski definition) is 1. The van der Waals surface area contributed by atoms with Crippen LogP contribution in [0.3, 0.4) is 0 Å². The van der Waals surface area contributed by atoms with Crippen LogP contribution in [0.1, 0.15) is 33.6 Å². The molecule has 2 aliphatic heterocycles. The van der Waals surface area contributed by atoms with Gasteiger partial charge in [0.05, 0.1) is 0 Å². The summed E-state index contributed by atoms with van der Waals surface area (Å²) in [4.78, 5) is 4.78. The Balaban J connectivity index is 1.74. The van der Waals surface area contributed by atoms with E-state index in [1.54, 1.807) is 0 Å². The summed E-state index contributed by atoms with van der Waals surface area (Å²) in [6.07, 6.45) is 2.59. The van der Waals surface area contributed by atoms with Crippen LogP contribution >= 0.6 is 0 Å². The highest BCUT2D eigenvalue weighted by atomic mass is 16.3. The van der Waals surface area contributed by atoms with E-state index in [4.69, 9.17) is 0 Å². The van der Waals surface area contributed by atoms with Gasteiger partial charge in [0.2, 0.25) is 0 Å². The van der Waals surface area contributed by atoms with Crippen LogP contribution in [0.25, 0.3) is 0 Å². The van der Waals surface area contributed by atoms with Crippen molar-refractivity contribution in [2.24, 2.45) is 5.92 Å². The van der Waals surface area contributed by atoms with E-state index in [1.807, 2.05) is 0 Å². The molecule has 1 N–H and O–H groups in total. The van der Waals surface area contributed by atoms with Crippen molar-refractivity contribution < 1.29 is 5.11 Å². The van der Waals surface area contributed by atoms with Crippen LogP contribution < -0.4 is 0 Å². The summed E-state index contributed by atoms with van der Waals surface area (Å²) in [6, 6.07) is 0.571. The largest absolute Gasteiger partial charge is 0.386 e. The first kappa shape index (κ1) is 12.3. The number of aliphatic hydroxyl groups is 1. The predicted molar refractivity (Wildman–Crippen MR) is 66.5 cm³/mol. The summed E-state index contributed by atoms with van der Waals surface area (Å²) in [6.45, 7) is 11.7. The van der Waals surface area contributed by atoms with Gasteiger partial charge in [0.15, 0.2) is 0 Å². The minimum atomic E-state index is -0.426. The minimum absolute atomic E-state index is 0.426. The Labute approximate surface area is 99.4 Å². The SMILES string of the molecule is CC1CCN(CC2(O)CN(C(C)C)C2)CC1. The second-order valence-electron chi connectivity index (χ2n) is 6.18. The van der Waals surface area contributed by atoms with E-state index in [1.165, 1.54) is 25.9 Å². The molecule has 2 fully saturated rings. The van der Waals surface area contributed by atoms with E-state index < -0.39 is 5.60 Å². The van der Waals surface area contributed by atoms with Gasteiger partial charge >= 0.3 is 0 Å². The summed E-state index contributed by atoms with van der Waals surface area (Å²) >= 11 is 0. The molecule has 0 aromatic rings. The molecule has 16 heavy (non-hydrogen) atoms. The van der Waals surface area contributed by atoms with E-state index in [0.717, 1.165) is 25.6 Å². The normalized spacial score (nSPS) is 28.3. The Kier molecular flexibility index (Phi) is 3.57. The summed E-state index contributed by atoms with van der Waals surface area (Å²) in [7, 11) is 0. The van der Waals surface area contributed by atoms with Crippen LogP contribution in [0.4, 0.5) is 0 Å². The van der Waals surface area contributed by atoms with Crippen molar-refractivity contribution in [2.45, 2.75) is 45.3 Å². The molecular formula is C13H26N2O. The molecule has 94 valence electrons. The van der Waals surface area contributed by atoms with Crippen molar-refractivity contribution in [3.63, 3.8) is 0 Å². The molecule has 2 rings (SSSR count). The summed E-state index contributed by atoms with van der Waals surface area (Å²) in [5.74, 6) is 0.874. The maximum Gasteiger partial charge on any atom is 0.103 e. The van der Waals surface area contributed by atoms with Crippen LogP contribution in [-0.4, -0.2) is 59.3 Å². The Bertz CT molecular complexity index is 228. The van der Waals surface area contributed by atoms with E-state index in [2.05, 4.69) is 30.6 Å². The third-order valence-electron chi connectivity index (χ3n) is 4.12. The van der Waals surface area contributed by atoms with Gasteiger partial charge in [-0.2, -0.15) is 0 Å². The van der Waals surface area contributed by atoms with Crippen molar-refractivity contribution >= 4 is 0 Å². The fraction of sp³-hybridized carbons (Fsp3) is 1.00. The lowest BCUT2D eigenvalue weighted by Gasteiger charge is -2.51. The molecule has 0 atom stereocenters. The highest BCUT2D eigenvalue weighted by molar-refractivity contribution is 4.99. The first-order valence-electron chi connectivity index (χ1n) is 6.67. The van der Waals surface area contributed by atoms with Gasteiger partial charge in [-0.1, -0.05) is 6.92 Å². The molecule has 0 aromatic heterocycles. The molecule has 0 aliphatic carbocycles. The Morgan fingerprint density at radius 3 is 2.31 bits per heavy atom. The molecule has 3 heteroatoms. The molecule has 2 heterocycles. The number of nitrogens with zero attached hydrogens (tertiary/aromatic N) is 2. The van der Waals surface area contributed by atoms with E-state index >= 15 is 0 Å². The average molecular weight is 226 g/mol. The van der Waals surface area contributed by atoms with Crippen molar-refractivity contribution in [2.75, 3.05) is 32.7 Å². The van der Waals surface area contributed by atoms with Gasteiger partial charge < -0.3 is 10.0 Å². The number of likely N-dealkylation sites (tertiary alicyclic amines) is 2. The van der Waals surface area contributed by atoms with Gasteiger partial charge in [-0.15, -0.1) is 0 Å². The summed E-state index contributed by atoms with van der Waals surface area (Å²) < 4.78 is 0. The molecule has 0 bridgehead atoms. The molecule has 3 nitrogen and oxygen atoms in total. The Hall–Kier alpha value is -0.120. The molecule has 2 saturated heterocycles. The molecular weight excluding hydrogens is 200 g/mol. The van der Waals surface area contributed by atoms with E-state index in [9.17, 15) is 5.11 Å². The predicted octanol–water partition coefficient (Wildman–Crippen LogP) is 1.17. The Morgan fingerprint density at radius 1 is 1.25 bits per heavy atom. The third kappa shape index (κ3) is 2.76. The lowest BCUT2D eigenvalue weighted by molar-refractivity contribution is -0.126. The van der Waals surface area contributed by atoms with Crippen LogP contribution in [0.2, 0.25) is 0 Å². The molecule has 0 spiro atoms. The standard InChI is InChI=1S/C13H26N2O/c1-11(2)15-9-13(16,10-15)8-14-6-4-12(3)5-7-14/h11-12,16H,4-10H2,1-3H3. The van der Waals surface area contributed by atoms with Gasteiger partial charge in [0.25, 0.3) is 0 Å². The van der Waals surface area contributed by atoms with Gasteiger partial charge in [-0.25, -0.2) is 0 Å². The Morgan fingerprint density at radius 2 is 1.81 bits per heavy atom. The number of rotatable bonds is 3. The zero-order chi connectivity index (χ0) is 11.8. The van der Waals surface area contributed by atoms with Gasteiger partial charge in [-0.05, 0) is 45.7 Å². The van der Waals surface area contributed by atoms with Crippen LogP contribution in [0, 0.1) is 5.92 Å². The summed E-state index contributed by atoms with van der Waals surface area (Å²) in [5.41, 5.74) is -0.426. The molecule has 0 unspecified atom stereocenters. The van der Waals surface area contributed by atoms with E-state index in [-0.39, 0.29) is 0 Å². The second kappa shape index (κ2) is 4.63. The smallest absolute Gasteiger partial charge is 0.103 e. The maximum atomic E-state index is 10.4. The topological polar surface area (TPSA) is 26.7 Å². The third-order valence-corrected chi connectivity index (χ3v) is 4.12. The molecule has 0 saturated carbocycles. The van der Waals surface area contributed by atoms with Crippen molar-refractivity contribution in [1.29, 1.82) is 0 Å². The molecule has 0 aromatic carbocycles. The van der Waals surface area contributed by atoms with E-state index in [0.29, 0.717) is 6.04 Å². The molecule has 0 amide bonds. The van der Waals surface area contributed by atoms with Gasteiger partial charge in [0.1, 0.15) is 5.60 Å². The number of piperidine rings is 1. The number of hydrogen-bond acceptors (Lipinski definition) is 3.